The van der Waals surface area contributed by atoms with Gasteiger partial charge in [0.05, 0.1) is 17.1 Å². The molecule has 6 heteroatoms. The van der Waals surface area contributed by atoms with Gasteiger partial charge in [-0.2, -0.15) is 5.10 Å². The number of benzene rings is 2. The second-order valence-corrected chi connectivity index (χ2v) is 7.57. The van der Waals surface area contributed by atoms with Gasteiger partial charge < -0.3 is 14.8 Å². The summed E-state index contributed by atoms with van der Waals surface area (Å²) in [6.45, 7) is 0.345. The van der Waals surface area contributed by atoms with E-state index in [1.807, 2.05) is 66.9 Å². The zero-order valence-corrected chi connectivity index (χ0v) is 17.8. The minimum absolute atomic E-state index is 0.139. The van der Waals surface area contributed by atoms with Crippen molar-refractivity contribution in [2.24, 2.45) is 0 Å². The molecule has 162 valence electrons. The van der Waals surface area contributed by atoms with E-state index in [1.165, 1.54) is 5.39 Å². The molecule has 3 N–H and O–H groups in total. The number of ether oxygens (including phenoxy) is 1. The Kier molecular flexibility index (Phi) is 5.72. The van der Waals surface area contributed by atoms with Crippen LogP contribution >= 0.6 is 0 Å². The first kappa shape index (κ1) is 20.3. The Labute approximate surface area is 190 Å². The minimum Gasteiger partial charge on any atom is -0.507 e. The van der Waals surface area contributed by atoms with Crippen molar-refractivity contribution in [1.82, 2.24) is 20.2 Å². The van der Waals surface area contributed by atoms with Crippen molar-refractivity contribution in [3.8, 4) is 11.5 Å². The Bertz CT molecular complexity index is 1430. The van der Waals surface area contributed by atoms with Gasteiger partial charge in [-0.3, -0.25) is 10.1 Å². The molecule has 3 aromatic heterocycles. The average molecular weight is 434 g/mol. The standard InChI is InChI=1S/C27H22N4O2/c32-27-17-25(33-18-24-3-1-2-13-28-24)11-8-21(27)7-10-23-16-22(30-31-23)9-5-19-4-6-20-12-14-29-26(20)15-19/h1-17,29,32H,18H2,(H,30,31)/b9-5+,10-7+. The first-order valence-electron chi connectivity index (χ1n) is 10.6. The normalized spacial score (nSPS) is 11.6. The first-order valence-corrected chi connectivity index (χ1v) is 10.6. The molecule has 0 saturated carbocycles. The van der Waals surface area contributed by atoms with E-state index in [9.17, 15) is 5.11 Å². The van der Waals surface area contributed by atoms with Crippen LogP contribution in [0.25, 0.3) is 35.2 Å². The van der Waals surface area contributed by atoms with E-state index >= 15 is 0 Å². The zero-order chi connectivity index (χ0) is 22.5. The van der Waals surface area contributed by atoms with E-state index < -0.39 is 0 Å². The molecule has 0 spiro atoms. The lowest BCUT2D eigenvalue weighted by Gasteiger charge is -2.07. The molecule has 0 bridgehead atoms. The van der Waals surface area contributed by atoms with Gasteiger partial charge in [0.25, 0.3) is 0 Å². The molecular weight excluding hydrogens is 412 g/mol. The highest BCUT2D eigenvalue weighted by Crippen LogP contribution is 2.26. The number of hydrogen-bond acceptors (Lipinski definition) is 4. The molecule has 33 heavy (non-hydrogen) atoms. The molecule has 0 aliphatic rings. The molecule has 5 aromatic rings. The van der Waals surface area contributed by atoms with Crippen LogP contribution in [0.2, 0.25) is 0 Å². The van der Waals surface area contributed by atoms with E-state index in [-0.39, 0.29) is 5.75 Å². The fraction of sp³-hybridized carbons (Fsp3) is 0.0370. The molecule has 0 unspecified atom stereocenters. The quantitative estimate of drug-likeness (QED) is 0.297. The van der Waals surface area contributed by atoms with Crippen LogP contribution in [0.3, 0.4) is 0 Å². The van der Waals surface area contributed by atoms with Crippen molar-refractivity contribution in [3.05, 3.63) is 107 Å². The maximum Gasteiger partial charge on any atom is 0.130 e. The van der Waals surface area contributed by atoms with Crippen molar-refractivity contribution in [2.45, 2.75) is 6.61 Å². The third-order valence-electron chi connectivity index (χ3n) is 5.20. The highest BCUT2D eigenvalue weighted by Gasteiger charge is 2.03. The van der Waals surface area contributed by atoms with Crippen LogP contribution < -0.4 is 4.74 Å². The lowest BCUT2D eigenvalue weighted by molar-refractivity contribution is 0.299. The summed E-state index contributed by atoms with van der Waals surface area (Å²) in [7, 11) is 0. The van der Waals surface area contributed by atoms with Crippen LogP contribution in [0.1, 0.15) is 28.2 Å². The molecule has 6 nitrogen and oxygen atoms in total. The lowest BCUT2D eigenvalue weighted by atomic mass is 10.1. The van der Waals surface area contributed by atoms with Crippen LogP contribution in [-0.2, 0) is 6.61 Å². The van der Waals surface area contributed by atoms with E-state index in [4.69, 9.17) is 4.74 Å². The second kappa shape index (κ2) is 9.28. The monoisotopic (exact) mass is 434 g/mol. The third-order valence-corrected chi connectivity index (χ3v) is 5.20. The van der Waals surface area contributed by atoms with Crippen molar-refractivity contribution in [3.63, 3.8) is 0 Å². The number of aromatic amines is 2. The molecule has 0 atom stereocenters. The molecule has 0 radical (unpaired) electrons. The number of aromatic nitrogens is 4. The SMILES string of the molecule is Oc1cc(OCc2ccccn2)ccc1/C=C/c1cc(/C=C/c2ccc3cc[nH]c3c2)[nH]n1. The number of rotatable bonds is 7. The number of H-pyrrole nitrogens is 2. The molecular formula is C27H22N4O2. The van der Waals surface area contributed by atoms with Crippen LogP contribution in [0.4, 0.5) is 0 Å². The minimum atomic E-state index is 0.139. The number of aromatic hydroxyl groups is 1. The van der Waals surface area contributed by atoms with Crippen molar-refractivity contribution >= 4 is 35.2 Å². The van der Waals surface area contributed by atoms with Gasteiger partial charge in [-0.15, -0.1) is 0 Å². The number of pyridine rings is 1. The molecule has 3 heterocycles. The predicted octanol–water partition coefficient (Wildman–Crippen LogP) is 5.91. The Hall–Kier alpha value is -4.58. The second-order valence-electron chi connectivity index (χ2n) is 7.57. The number of hydrogen-bond donors (Lipinski definition) is 3. The number of nitrogens with zero attached hydrogens (tertiary/aromatic N) is 2. The van der Waals surface area contributed by atoms with Crippen LogP contribution in [0.5, 0.6) is 11.5 Å². The van der Waals surface area contributed by atoms with Gasteiger partial charge >= 0.3 is 0 Å². The summed E-state index contributed by atoms with van der Waals surface area (Å²) >= 11 is 0. The van der Waals surface area contributed by atoms with Gasteiger partial charge in [-0.1, -0.05) is 24.3 Å². The van der Waals surface area contributed by atoms with Crippen molar-refractivity contribution < 1.29 is 9.84 Å². The number of phenols is 1. The van der Waals surface area contributed by atoms with Crippen LogP contribution in [-0.4, -0.2) is 25.3 Å². The van der Waals surface area contributed by atoms with Gasteiger partial charge in [0.2, 0.25) is 0 Å². The van der Waals surface area contributed by atoms with Gasteiger partial charge in [-0.05, 0) is 71.6 Å². The fourth-order valence-electron chi connectivity index (χ4n) is 3.45. The van der Waals surface area contributed by atoms with Crippen LogP contribution in [0, 0.1) is 0 Å². The Morgan fingerprint density at radius 2 is 1.88 bits per heavy atom. The average Bonchev–Trinajstić information content (AvgIpc) is 3.50. The van der Waals surface area contributed by atoms with Crippen LogP contribution in [0.15, 0.2) is 79.1 Å². The number of nitrogens with one attached hydrogen (secondary N) is 2. The summed E-state index contributed by atoms with van der Waals surface area (Å²) in [6, 6.07) is 21.2. The van der Waals surface area contributed by atoms with Gasteiger partial charge in [0.1, 0.15) is 18.1 Å². The van der Waals surface area contributed by atoms with Gasteiger partial charge in [0.15, 0.2) is 0 Å². The highest BCUT2D eigenvalue weighted by molar-refractivity contribution is 5.83. The summed E-state index contributed by atoms with van der Waals surface area (Å²) < 4.78 is 5.70. The predicted molar refractivity (Wildman–Crippen MR) is 131 cm³/mol. The smallest absolute Gasteiger partial charge is 0.130 e. The Morgan fingerprint density at radius 3 is 2.76 bits per heavy atom. The molecule has 0 saturated heterocycles. The number of phenolic OH excluding ortho intramolecular Hbond substituents is 1. The van der Waals surface area contributed by atoms with E-state index in [2.05, 4.69) is 44.4 Å². The van der Waals surface area contributed by atoms with Gasteiger partial charge in [0, 0.05) is 29.5 Å². The van der Waals surface area contributed by atoms with E-state index in [0.29, 0.717) is 17.9 Å². The maximum atomic E-state index is 10.4. The largest absolute Gasteiger partial charge is 0.507 e. The third kappa shape index (κ3) is 5.02. The Balaban J connectivity index is 1.22. The number of fused-ring (bicyclic) bond motifs is 1. The fourth-order valence-corrected chi connectivity index (χ4v) is 3.45. The summed E-state index contributed by atoms with van der Waals surface area (Å²) in [6.07, 6.45) is 11.4. The molecule has 0 fully saturated rings. The summed E-state index contributed by atoms with van der Waals surface area (Å²) in [5.74, 6) is 0.722. The molecule has 2 aromatic carbocycles. The summed E-state index contributed by atoms with van der Waals surface area (Å²) in [5.41, 5.74) is 5.38. The first-order chi connectivity index (χ1) is 16.2. The topological polar surface area (TPSA) is 86.8 Å². The molecule has 5 rings (SSSR count). The molecule has 0 aliphatic carbocycles. The van der Waals surface area contributed by atoms with Crippen molar-refractivity contribution in [1.29, 1.82) is 0 Å². The summed E-state index contributed by atoms with van der Waals surface area (Å²) in [5, 5.41) is 18.9. The Morgan fingerprint density at radius 1 is 0.909 bits per heavy atom. The van der Waals surface area contributed by atoms with Gasteiger partial charge in [-0.25, -0.2) is 0 Å². The zero-order valence-electron chi connectivity index (χ0n) is 17.8. The highest BCUT2D eigenvalue weighted by atomic mass is 16.5. The van der Waals surface area contributed by atoms with E-state index in [1.54, 1.807) is 12.3 Å². The summed E-state index contributed by atoms with van der Waals surface area (Å²) in [4.78, 5) is 7.45. The maximum absolute atomic E-state index is 10.4. The van der Waals surface area contributed by atoms with E-state index in [0.717, 1.165) is 28.2 Å². The van der Waals surface area contributed by atoms with Crippen molar-refractivity contribution in [2.75, 3.05) is 0 Å². The lowest BCUT2D eigenvalue weighted by Crippen LogP contribution is -1.97. The molecule has 0 aliphatic heterocycles. The molecule has 0 amide bonds.